The molecule has 1 N–H and O–H groups in total. The first-order chi connectivity index (χ1) is 12.8. The molecule has 0 radical (unpaired) electrons. The van der Waals surface area contributed by atoms with Crippen LogP contribution >= 0.6 is 11.6 Å². The molecule has 0 spiro atoms. The summed E-state index contributed by atoms with van der Waals surface area (Å²) < 4.78 is 41.5. The maximum atomic E-state index is 12.4. The normalized spacial score (nSPS) is 11.4. The topological polar surface area (TPSA) is 68.0 Å². The smallest absolute Gasteiger partial charge is 0.348 e. The Balaban J connectivity index is 1.57. The van der Waals surface area contributed by atoms with Gasteiger partial charge in [-0.15, -0.1) is 0 Å². The Bertz CT molecular complexity index is 940. The lowest BCUT2D eigenvalue weighted by atomic mass is 10.1. The van der Waals surface area contributed by atoms with Crippen molar-refractivity contribution in [3.05, 3.63) is 82.0 Å². The second kappa shape index (κ2) is 7.79. The van der Waals surface area contributed by atoms with Crippen molar-refractivity contribution >= 4 is 17.5 Å². The summed E-state index contributed by atoms with van der Waals surface area (Å²) in [5.41, 5.74) is 2.00. The van der Waals surface area contributed by atoms with Crippen LogP contribution in [0.25, 0.3) is 0 Å². The standard InChI is InChI=1S/C18H13ClF3N3O2/c19-14-3-1-2-13(9-14)16(26)23-10-12-6-4-11(5-7-12)8-15-24-17(27-25-15)18(20,21)22/h1-7,9H,8,10H2,(H,23,26). The molecule has 3 aromatic rings. The van der Waals surface area contributed by atoms with Gasteiger partial charge < -0.3 is 9.84 Å². The fraction of sp³-hybridized carbons (Fsp3) is 0.167. The van der Waals surface area contributed by atoms with Crippen LogP contribution in [0.3, 0.4) is 0 Å². The highest BCUT2D eigenvalue weighted by molar-refractivity contribution is 6.30. The number of rotatable bonds is 5. The summed E-state index contributed by atoms with van der Waals surface area (Å²) in [7, 11) is 0. The third-order valence-corrected chi connectivity index (χ3v) is 3.87. The predicted octanol–water partition coefficient (Wildman–Crippen LogP) is 4.26. The van der Waals surface area contributed by atoms with Gasteiger partial charge in [0.05, 0.1) is 0 Å². The summed E-state index contributed by atoms with van der Waals surface area (Å²) in [5, 5.41) is 6.57. The van der Waals surface area contributed by atoms with Crippen molar-refractivity contribution in [1.29, 1.82) is 0 Å². The number of nitrogens with one attached hydrogen (secondary N) is 1. The SMILES string of the molecule is O=C(NCc1ccc(Cc2noc(C(F)(F)F)n2)cc1)c1cccc(Cl)c1. The van der Waals surface area contributed by atoms with Crippen molar-refractivity contribution in [2.75, 3.05) is 0 Å². The summed E-state index contributed by atoms with van der Waals surface area (Å²) in [5.74, 6) is -1.67. The van der Waals surface area contributed by atoms with Gasteiger partial charge >= 0.3 is 12.1 Å². The van der Waals surface area contributed by atoms with E-state index in [0.717, 1.165) is 11.1 Å². The van der Waals surface area contributed by atoms with Gasteiger partial charge in [-0.3, -0.25) is 4.79 Å². The van der Waals surface area contributed by atoms with E-state index in [1.54, 1.807) is 48.5 Å². The second-order valence-corrected chi connectivity index (χ2v) is 6.14. The average molecular weight is 396 g/mol. The minimum Gasteiger partial charge on any atom is -0.348 e. The number of hydrogen-bond donors (Lipinski definition) is 1. The summed E-state index contributed by atoms with van der Waals surface area (Å²) in [4.78, 5) is 15.4. The molecule has 0 bridgehead atoms. The fourth-order valence-corrected chi connectivity index (χ4v) is 2.50. The Hall–Kier alpha value is -2.87. The largest absolute Gasteiger partial charge is 0.471 e. The monoisotopic (exact) mass is 395 g/mol. The van der Waals surface area contributed by atoms with Gasteiger partial charge in [0.2, 0.25) is 0 Å². The molecular weight excluding hydrogens is 383 g/mol. The fourth-order valence-electron chi connectivity index (χ4n) is 2.31. The molecule has 27 heavy (non-hydrogen) atoms. The zero-order valence-electron chi connectivity index (χ0n) is 13.8. The van der Waals surface area contributed by atoms with Crippen LogP contribution in [-0.2, 0) is 19.1 Å². The summed E-state index contributed by atoms with van der Waals surface area (Å²) in [6.07, 6.45) is -4.55. The number of amides is 1. The molecule has 140 valence electrons. The number of carbonyl (C=O) groups is 1. The van der Waals surface area contributed by atoms with Crippen LogP contribution in [-0.4, -0.2) is 16.0 Å². The molecule has 0 fully saturated rings. The van der Waals surface area contributed by atoms with Gasteiger partial charge in [-0.25, -0.2) is 0 Å². The minimum atomic E-state index is -4.66. The number of benzene rings is 2. The molecule has 0 aliphatic rings. The van der Waals surface area contributed by atoms with E-state index >= 15 is 0 Å². The predicted molar refractivity (Wildman–Crippen MR) is 91.2 cm³/mol. The van der Waals surface area contributed by atoms with Crippen LogP contribution < -0.4 is 5.32 Å². The van der Waals surface area contributed by atoms with Crippen molar-refractivity contribution in [2.24, 2.45) is 0 Å². The van der Waals surface area contributed by atoms with Crippen LogP contribution in [0.1, 0.15) is 33.2 Å². The van der Waals surface area contributed by atoms with Gasteiger partial charge in [0.15, 0.2) is 5.82 Å². The molecule has 1 aromatic heterocycles. The molecule has 0 unspecified atom stereocenters. The third kappa shape index (κ3) is 5.07. The first-order valence-corrected chi connectivity index (χ1v) is 8.20. The van der Waals surface area contributed by atoms with Crippen molar-refractivity contribution in [3.63, 3.8) is 0 Å². The van der Waals surface area contributed by atoms with Crippen LogP contribution in [0, 0.1) is 0 Å². The van der Waals surface area contributed by atoms with E-state index in [4.69, 9.17) is 11.6 Å². The van der Waals surface area contributed by atoms with Gasteiger partial charge in [-0.1, -0.05) is 47.1 Å². The molecule has 5 nitrogen and oxygen atoms in total. The summed E-state index contributed by atoms with van der Waals surface area (Å²) in [6, 6.07) is 13.6. The van der Waals surface area contributed by atoms with Gasteiger partial charge in [0.25, 0.3) is 5.91 Å². The van der Waals surface area contributed by atoms with E-state index in [1.165, 1.54) is 0 Å². The maximum absolute atomic E-state index is 12.4. The molecule has 0 saturated carbocycles. The van der Waals surface area contributed by atoms with E-state index in [-0.39, 0.29) is 18.2 Å². The lowest BCUT2D eigenvalue weighted by molar-refractivity contribution is -0.159. The van der Waals surface area contributed by atoms with Crippen molar-refractivity contribution in [2.45, 2.75) is 19.1 Å². The molecular formula is C18H13ClF3N3O2. The van der Waals surface area contributed by atoms with E-state index in [2.05, 4.69) is 20.0 Å². The summed E-state index contributed by atoms with van der Waals surface area (Å²) in [6.45, 7) is 0.298. The molecule has 1 amide bonds. The highest BCUT2D eigenvalue weighted by atomic mass is 35.5. The Kier molecular flexibility index (Phi) is 5.46. The first kappa shape index (κ1) is 18.9. The Morgan fingerprint density at radius 3 is 2.44 bits per heavy atom. The van der Waals surface area contributed by atoms with Crippen LogP contribution in [0.5, 0.6) is 0 Å². The molecule has 0 aliphatic heterocycles. The van der Waals surface area contributed by atoms with E-state index < -0.39 is 12.1 Å². The van der Waals surface area contributed by atoms with Crippen molar-refractivity contribution in [1.82, 2.24) is 15.5 Å². The molecule has 1 heterocycles. The molecule has 0 aliphatic carbocycles. The Labute approximate surface area is 157 Å². The van der Waals surface area contributed by atoms with Crippen molar-refractivity contribution < 1.29 is 22.5 Å². The molecule has 9 heteroatoms. The minimum absolute atomic E-state index is 0.0515. The van der Waals surface area contributed by atoms with Gasteiger partial charge in [-0.2, -0.15) is 18.2 Å². The Morgan fingerprint density at radius 1 is 1.11 bits per heavy atom. The highest BCUT2D eigenvalue weighted by Crippen LogP contribution is 2.27. The van der Waals surface area contributed by atoms with Gasteiger partial charge in [0.1, 0.15) is 0 Å². The van der Waals surface area contributed by atoms with Gasteiger partial charge in [-0.05, 0) is 29.3 Å². The van der Waals surface area contributed by atoms with E-state index in [1.807, 2.05) is 0 Å². The lowest BCUT2D eigenvalue weighted by Gasteiger charge is -2.06. The molecule has 3 rings (SSSR count). The number of hydrogen-bond acceptors (Lipinski definition) is 4. The number of halogens is 4. The quantitative estimate of drug-likeness (QED) is 0.700. The lowest BCUT2D eigenvalue weighted by Crippen LogP contribution is -2.22. The van der Waals surface area contributed by atoms with Crippen LogP contribution in [0.2, 0.25) is 5.02 Å². The van der Waals surface area contributed by atoms with Gasteiger partial charge in [0, 0.05) is 23.6 Å². The highest BCUT2D eigenvalue weighted by Gasteiger charge is 2.38. The van der Waals surface area contributed by atoms with Crippen molar-refractivity contribution in [3.8, 4) is 0 Å². The molecule has 0 saturated heterocycles. The number of alkyl halides is 3. The van der Waals surface area contributed by atoms with E-state index in [9.17, 15) is 18.0 Å². The number of carbonyl (C=O) groups excluding carboxylic acids is 1. The first-order valence-electron chi connectivity index (χ1n) is 7.82. The zero-order chi connectivity index (χ0) is 19.4. The van der Waals surface area contributed by atoms with Crippen LogP contribution in [0.4, 0.5) is 13.2 Å². The zero-order valence-corrected chi connectivity index (χ0v) is 14.5. The average Bonchev–Trinajstić information content (AvgIpc) is 3.10. The maximum Gasteiger partial charge on any atom is 0.471 e. The molecule has 0 atom stereocenters. The van der Waals surface area contributed by atoms with E-state index in [0.29, 0.717) is 17.1 Å². The second-order valence-electron chi connectivity index (χ2n) is 5.70. The molecule has 2 aromatic carbocycles. The number of aromatic nitrogens is 2. The Morgan fingerprint density at radius 2 is 1.81 bits per heavy atom. The summed E-state index contributed by atoms with van der Waals surface area (Å²) >= 11 is 5.86. The number of nitrogens with zero attached hydrogens (tertiary/aromatic N) is 2. The van der Waals surface area contributed by atoms with Crippen LogP contribution in [0.15, 0.2) is 53.1 Å². The third-order valence-electron chi connectivity index (χ3n) is 3.64.